The van der Waals surface area contributed by atoms with Crippen LogP contribution in [0, 0.1) is 4.78 Å². The van der Waals surface area contributed by atoms with Gasteiger partial charge < -0.3 is 14.7 Å². The third kappa shape index (κ3) is 5.06. The Bertz CT molecular complexity index is 1300. The summed E-state index contributed by atoms with van der Waals surface area (Å²) in [6.45, 7) is 0. The minimum absolute atomic E-state index is 0.0106. The molecule has 11 heteroatoms. The number of hydrogen-bond donors (Lipinski definition) is 3. The first-order chi connectivity index (χ1) is 17.1. The molecule has 4 atom stereocenters. The number of nitrogens with zero attached hydrogens (tertiary/aromatic N) is 1. The number of aliphatic hydroxyl groups is 1. The lowest BCUT2D eigenvalue weighted by Gasteiger charge is -2.45. The summed E-state index contributed by atoms with van der Waals surface area (Å²) in [4.78, 5) is 4.29. The fourth-order valence-electron chi connectivity index (χ4n) is 4.77. The Hall–Kier alpha value is -2.73. The lowest BCUT2D eigenvalue weighted by atomic mass is 9.87. The molecule has 3 N–H and O–H groups in total. The number of benzene rings is 3. The van der Waals surface area contributed by atoms with Gasteiger partial charge in [-0.25, -0.2) is 13.7 Å². The van der Waals surface area contributed by atoms with Crippen LogP contribution in [0.5, 0.6) is 5.75 Å². The number of fused-ring (bicyclic) bond motifs is 2. The van der Waals surface area contributed by atoms with Crippen LogP contribution >= 0.6 is 11.8 Å². The first kappa shape index (κ1) is 24.9. The van der Waals surface area contributed by atoms with Gasteiger partial charge in [-0.1, -0.05) is 36.0 Å². The van der Waals surface area contributed by atoms with E-state index in [1.807, 2.05) is 48.5 Å². The van der Waals surface area contributed by atoms with Gasteiger partial charge in [0.15, 0.2) is 0 Å². The van der Waals surface area contributed by atoms with Gasteiger partial charge in [-0.05, 0) is 67.8 Å². The summed E-state index contributed by atoms with van der Waals surface area (Å²) in [5, 5.41) is 11.4. The molecule has 6 nitrogen and oxygen atoms in total. The molecule has 1 aliphatic carbocycles. The van der Waals surface area contributed by atoms with Crippen LogP contribution in [0.4, 0.5) is 24.5 Å². The van der Waals surface area contributed by atoms with E-state index in [1.165, 1.54) is 12.1 Å². The van der Waals surface area contributed by atoms with Crippen molar-refractivity contribution in [2.45, 2.75) is 58.5 Å². The minimum atomic E-state index is -4.84. The van der Waals surface area contributed by atoms with Crippen LogP contribution < -0.4 is 14.4 Å². The first-order valence-corrected chi connectivity index (χ1v) is 13.7. The summed E-state index contributed by atoms with van der Waals surface area (Å²) in [7, 11) is -3.60. The molecule has 1 aliphatic heterocycles. The summed E-state index contributed by atoms with van der Waals surface area (Å²) in [6.07, 6.45) is -3.83. The smallest absolute Gasteiger partial charge is 0.406 e. The predicted molar refractivity (Wildman–Crippen MR) is 132 cm³/mol. The average molecular weight is 536 g/mol. The second-order valence-corrected chi connectivity index (χ2v) is 11.6. The predicted octanol–water partition coefficient (Wildman–Crippen LogP) is 6.08. The largest absolute Gasteiger partial charge is 0.573 e. The Morgan fingerprint density at radius 1 is 0.972 bits per heavy atom. The molecule has 0 radical (unpaired) electrons. The Morgan fingerprint density at radius 3 is 2.14 bits per heavy atom. The van der Waals surface area contributed by atoms with Gasteiger partial charge in [-0.2, -0.15) is 0 Å². The number of anilines is 2. The summed E-state index contributed by atoms with van der Waals surface area (Å²) in [6, 6.07) is 19.4. The zero-order valence-corrected chi connectivity index (χ0v) is 20.6. The number of aliphatic hydroxyl groups excluding tert-OH is 1. The number of halogens is 3. The highest BCUT2D eigenvalue weighted by Gasteiger charge is 2.40. The van der Waals surface area contributed by atoms with E-state index in [0.29, 0.717) is 12.8 Å². The van der Waals surface area contributed by atoms with E-state index in [1.54, 1.807) is 11.8 Å². The molecule has 36 heavy (non-hydrogen) atoms. The van der Waals surface area contributed by atoms with Gasteiger partial charge >= 0.3 is 6.36 Å². The molecule has 0 saturated heterocycles. The van der Waals surface area contributed by atoms with E-state index in [-0.39, 0.29) is 10.9 Å². The van der Waals surface area contributed by atoms with Crippen molar-refractivity contribution in [3.8, 4) is 5.75 Å². The molecular formula is C25H24F3N3O3S2. The van der Waals surface area contributed by atoms with E-state index >= 15 is 0 Å². The fraction of sp³-hybridized carbons (Fsp3) is 0.280. The highest BCUT2D eigenvalue weighted by atomic mass is 32.2. The Kier molecular flexibility index (Phi) is 6.67. The van der Waals surface area contributed by atoms with Crippen molar-refractivity contribution < 1.29 is 27.2 Å². The van der Waals surface area contributed by atoms with Crippen molar-refractivity contribution in [3.05, 3.63) is 72.8 Å². The maximum Gasteiger partial charge on any atom is 0.573 e. The van der Waals surface area contributed by atoms with Gasteiger partial charge in [0.25, 0.3) is 0 Å². The molecule has 1 heterocycles. The van der Waals surface area contributed by atoms with Crippen molar-refractivity contribution >= 4 is 33.1 Å². The highest BCUT2D eigenvalue weighted by Crippen LogP contribution is 2.50. The molecule has 0 aromatic heterocycles. The maximum absolute atomic E-state index is 13.2. The topological polar surface area (TPSA) is 85.7 Å². The van der Waals surface area contributed by atoms with Crippen molar-refractivity contribution in [3.63, 3.8) is 0 Å². The van der Waals surface area contributed by atoms with Crippen LogP contribution in [0.3, 0.4) is 0 Å². The summed E-state index contributed by atoms with van der Waals surface area (Å²) in [5.74, 6) is -0.459. The number of rotatable bonds is 5. The van der Waals surface area contributed by atoms with E-state index in [2.05, 4.69) is 14.4 Å². The molecule has 3 aromatic carbocycles. The van der Waals surface area contributed by atoms with Crippen molar-refractivity contribution in [2.75, 3.05) is 4.90 Å². The second kappa shape index (κ2) is 9.62. The molecular weight excluding hydrogens is 511 g/mol. The highest BCUT2D eigenvalue weighted by molar-refractivity contribution is 7.99. The Morgan fingerprint density at radius 2 is 1.56 bits per heavy atom. The maximum atomic E-state index is 13.2. The van der Waals surface area contributed by atoms with E-state index in [4.69, 9.17) is 4.78 Å². The van der Waals surface area contributed by atoms with Crippen LogP contribution in [0.25, 0.3) is 0 Å². The van der Waals surface area contributed by atoms with Crippen LogP contribution in [-0.4, -0.2) is 33.9 Å². The van der Waals surface area contributed by atoms with E-state index in [9.17, 15) is 22.5 Å². The lowest BCUT2D eigenvalue weighted by molar-refractivity contribution is -0.274. The summed E-state index contributed by atoms with van der Waals surface area (Å²) < 4.78 is 65.6. The molecule has 5 rings (SSSR count). The summed E-state index contributed by atoms with van der Waals surface area (Å²) >= 11 is 1.67. The van der Waals surface area contributed by atoms with Crippen LogP contribution in [0.1, 0.15) is 19.3 Å². The zero-order valence-electron chi connectivity index (χ0n) is 18.9. The standard InChI is InChI=1S/C25H24F3N3O3S2/c26-25(27,28)34-16-12-14-17(15-13-16)36(29,33)30-18-6-5-9-21(24(18)32)31-19-7-1-3-10-22(19)35-23-11-4-2-8-20(23)31/h1-4,7-8,10-15,18,21,24,32H,5-6,9H2,(H2,29,30,33). The zero-order chi connectivity index (χ0) is 25.5. The van der Waals surface area contributed by atoms with Gasteiger partial charge in [0.2, 0.25) is 0 Å². The molecule has 190 valence electrons. The molecule has 1 fully saturated rings. The third-order valence-corrected chi connectivity index (χ3v) is 9.03. The number of hydrogen-bond acceptors (Lipinski definition) is 6. The van der Waals surface area contributed by atoms with Crippen molar-refractivity contribution in [2.24, 2.45) is 0 Å². The van der Waals surface area contributed by atoms with Crippen LogP contribution in [0.15, 0.2) is 87.5 Å². The minimum Gasteiger partial charge on any atom is -0.406 e. The molecule has 3 aromatic rings. The molecule has 0 bridgehead atoms. The quantitative estimate of drug-likeness (QED) is 0.369. The summed E-state index contributed by atoms with van der Waals surface area (Å²) in [5.41, 5.74) is 1.97. The van der Waals surface area contributed by atoms with Crippen molar-refractivity contribution in [1.29, 1.82) is 4.78 Å². The Labute approximate surface area is 211 Å². The van der Waals surface area contributed by atoms with Gasteiger partial charge in [0.1, 0.15) is 15.7 Å². The first-order valence-electron chi connectivity index (χ1n) is 11.4. The molecule has 0 amide bonds. The molecule has 2 aliphatic rings. The van der Waals surface area contributed by atoms with Gasteiger partial charge in [-0.3, -0.25) is 0 Å². The third-order valence-electron chi connectivity index (χ3n) is 6.33. The van der Waals surface area contributed by atoms with Crippen LogP contribution in [0.2, 0.25) is 0 Å². The SMILES string of the molecule is N=S(=O)(NC1CCCC(N2c3ccccc3Sc3ccccc32)C1O)c1ccc(OC(F)(F)F)cc1. The molecule has 4 unspecified atom stereocenters. The van der Waals surface area contributed by atoms with Gasteiger partial charge in [0.05, 0.1) is 28.4 Å². The van der Waals surface area contributed by atoms with Gasteiger partial charge in [0, 0.05) is 15.8 Å². The Balaban J connectivity index is 1.39. The second-order valence-electron chi connectivity index (χ2n) is 8.70. The number of ether oxygens (including phenoxy) is 1. The number of nitrogens with one attached hydrogen (secondary N) is 2. The average Bonchev–Trinajstić information content (AvgIpc) is 2.83. The number of alkyl halides is 3. The molecule has 0 spiro atoms. The monoisotopic (exact) mass is 535 g/mol. The lowest BCUT2D eigenvalue weighted by Crippen LogP contribution is -2.55. The van der Waals surface area contributed by atoms with Crippen LogP contribution in [-0.2, 0) is 9.92 Å². The van der Waals surface area contributed by atoms with Crippen molar-refractivity contribution in [1.82, 2.24) is 4.72 Å². The number of para-hydroxylation sites is 2. The molecule has 1 saturated carbocycles. The normalized spacial score (nSPS) is 23.3. The fourth-order valence-corrected chi connectivity index (χ4v) is 7.18. The van der Waals surface area contributed by atoms with Gasteiger partial charge in [-0.15, -0.1) is 13.2 Å². The van der Waals surface area contributed by atoms with E-state index < -0.39 is 34.2 Å². The van der Waals surface area contributed by atoms with E-state index in [0.717, 1.165) is 39.7 Å².